The zero-order valence-electron chi connectivity index (χ0n) is 11.4. The van der Waals surface area contributed by atoms with Crippen molar-refractivity contribution in [1.29, 1.82) is 0 Å². The van der Waals surface area contributed by atoms with E-state index in [4.69, 9.17) is 4.74 Å². The van der Waals surface area contributed by atoms with E-state index in [9.17, 15) is 10.1 Å². The molecule has 1 aromatic carbocycles. The average molecular weight is 276 g/mol. The molecule has 2 aromatic rings. The second kappa shape index (κ2) is 6.16. The van der Waals surface area contributed by atoms with Gasteiger partial charge in [0.15, 0.2) is 0 Å². The molecular formula is C13H16N4O3. The van der Waals surface area contributed by atoms with E-state index in [1.165, 1.54) is 12.1 Å². The predicted octanol–water partition coefficient (Wildman–Crippen LogP) is 1.57. The molecule has 0 aliphatic rings. The van der Waals surface area contributed by atoms with Gasteiger partial charge in [0, 0.05) is 30.4 Å². The number of hydrogen-bond acceptors (Lipinski definition) is 5. The Hall–Kier alpha value is -2.41. The molecule has 1 N–H and O–H groups in total. The van der Waals surface area contributed by atoms with E-state index in [2.05, 4.69) is 10.3 Å². The van der Waals surface area contributed by atoms with Crippen LogP contribution in [0, 0.1) is 10.1 Å². The maximum Gasteiger partial charge on any atom is 0.270 e. The van der Waals surface area contributed by atoms with Crippen LogP contribution in [-0.2, 0) is 13.1 Å². The van der Waals surface area contributed by atoms with Crippen molar-refractivity contribution in [3.8, 4) is 5.75 Å². The van der Waals surface area contributed by atoms with Gasteiger partial charge < -0.3 is 14.6 Å². The Morgan fingerprint density at radius 1 is 1.50 bits per heavy atom. The van der Waals surface area contributed by atoms with E-state index >= 15 is 0 Å². The van der Waals surface area contributed by atoms with Gasteiger partial charge in [0.1, 0.15) is 5.75 Å². The van der Waals surface area contributed by atoms with Crippen LogP contribution in [0.25, 0.3) is 0 Å². The first kappa shape index (κ1) is 14.0. The maximum absolute atomic E-state index is 10.8. The minimum absolute atomic E-state index is 0.0522. The van der Waals surface area contributed by atoms with E-state index in [0.717, 1.165) is 11.3 Å². The number of non-ortho nitro benzene ring substituents is 1. The number of nitro benzene ring substituents is 1. The largest absolute Gasteiger partial charge is 0.496 e. The molecule has 1 heterocycles. The van der Waals surface area contributed by atoms with Crippen LogP contribution in [0.1, 0.15) is 11.3 Å². The minimum atomic E-state index is -0.413. The number of hydrogen-bond donors (Lipinski definition) is 1. The van der Waals surface area contributed by atoms with E-state index in [0.29, 0.717) is 18.8 Å². The molecule has 0 fully saturated rings. The van der Waals surface area contributed by atoms with E-state index < -0.39 is 4.92 Å². The molecule has 0 radical (unpaired) electrons. The molecule has 7 heteroatoms. The van der Waals surface area contributed by atoms with Gasteiger partial charge in [-0.3, -0.25) is 10.1 Å². The van der Waals surface area contributed by atoms with Gasteiger partial charge in [0.05, 0.1) is 30.6 Å². The minimum Gasteiger partial charge on any atom is -0.496 e. The Balaban J connectivity index is 2.25. The molecular weight excluding hydrogens is 260 g/mol. The summed E-state index contributed by atoms with van der Waals surface area (Å²) in [4.78, 5) is 14.7. The number of rotatable bonds is 6. The highest BCUT2D eigenvalue weighted by atomic mass is 16.6. The molecule has 1 aromatic heterocycles. The number of nitrogens with zero attached hydrogens (tertiary/aromatic N) is 3. The van der Waals surface area contributed by atoms with Crippen LogP contribution >= 0.6 is 0 Å². The highest BCUT2D eigenvalue weighted by molar-refractivity contribution is 5.43. The highest BCUT2D eigenvalue weighted by Crippen LogP contribution is 2.24. The normalized spacial score (nSPS) is 10.5. The molecule has 0 aliphatic heterocycles. The van der Waals surface area contributed by atoms with E-state index in [1.54, 1.807) is 19.5 Å². The molecule has 7 nitrogen and oxygen atoms in total. The molecule has 0 spiro atoms. The van der Waals surface area contributed by atoms with Crippen molar-refractivity contribution in [2.24, 2.45) is 0 Å². The fraction of sp³-hybridized carbons (Fsp3) is 0.308. The lowest BCUT2D eigenvalue weighted by atomic mass is 10.1. The summed E-state index contributed by atoms with van der Waals surface area (Å²) in [6, 6.07) is 4.57. The second-order valence-corrected chi connectivity index (χ2v) is 4.32. The molecule has 0 bridgehead atoms. The van der Waals surface area contributed by atoms with E-state index in [1.807, 2.05) is 17.8 Å². The predicted molar refractivity (Wildman–Crippen MR) is 73.7 cm³/mol. The molecule has 2 rings (SSSR count). The topological polar surface area (TPSA) is 82.2 Å². The van der Waals surface area contributed by atoms with Gasteiger partial charge in [0.2, 0.25) is 0 Å². The molecule has 0 atom stereocenters. The van der Waals surface area contributed by atoms with Crippen molar-refractivity contribution in [3.05, 3.63) is 52.1 Å². The zero-order chi connectivity index (χ0) is 14.5. The van der Waals surface area contributed by atoms with Crippen LogP contribution in [0.4, 0.5) is 5.69 Å². The van der Waals surface area contributed by atoms with Gasteiger partial charge in [-0.05, 0) is 13.1 Å². The summed E-state index contributed by atoms with van der Waals surface area (Å²) < 4.78 is 7.11. The first-order valence-electron chi connectivity index (χ1n) is 6.10. The summed E-state index contributed by atoms with van der Waals surface area (Å²) in [6.07, 6.45) is 3.60. The van der Waals surface area contributed by atoms with Crippen molar-refractivity contribution in [1.82, 2.24) is 14.9 Å². The van der Waals surface area contributed by atoms with Crippen LogP contribution in [0.2, 0.25) is 0 Å². The molecule has 0 saturated heterocycles. The van der Waals surface area contributed by atoms with Crippen molar-refractivity contribution >= 4 is 5.69 Å². The Bertz CT molecular complexity index is 609. The number of benzene rings is 1. The number of aromatic nitrogens is 2. The van der Waals surface area contributed by atoms with Crippen LogP contribution < -0.4 is 10.1 Å². The van der Waals surface area contributed by atoms with Crippen molar-refractivity contribution < 1.29 is 9.66 Å². The lowest BCUT2D eigenvalue weighted by Crippen LogP contribution is -2.05. The summed E-state index contributed by atoms with van der Waals surface area (Å²) in [5, 5.41) is 13.8. The fourth-order valence-electron chi connectivity index (χ4n) is 1.96. The molecule has 0 saturated carbocycles. The third-order valence-electron chi connectivity index (χ3n) is 2.87. The molecule has 0 unspecified atom stereocenters. The Labute approximate surface area is 116 Å². The van der Waals surface area contributed by atoms with Gasteiger partial charge in [0.25, 0.3) is 5.69 Å². The Morgan fingerprint density at radius 3 is 2.95 bits per heavy atom. The first-order valence-corrected chi connectivity index (χ1v) is 6.10. The van der Waals surface area contributed by atoms with Crippen molar-refractivity contribution in [2.45, 2.75) is 13.1 Å². The second-order valence-electron chi connectivity index (χ2n) is 4.32. The Kier molecular flexibility index (Phi) is 4.31. The number of methoxy groups -OCH3 is 1. The van der Waals surface area contributed by atoms with Gasteiger partial charge >= 0.3 is 0 Å². The standard InChI is InChI=1S/C13H16N4O3/c1-14-6-11-8-16(9-15-11)7-10-5-12(17(18)19)3-4-13(10)20-2/h3-5,8-9,14H,6-7H2,1-2H3. The molecule has 106 valence electrons. The number of nitrogens with one attached hydrogen (secondary N) is 1. The monoisotopic (exact) mass is 276 g/mol. The van der Waals surface area contributed by atoms with E-state index in [-0.39, 0.29) is 5.69 Å². The number of nitro groups is 1. The van der Waals surface area contributed by atoms with Gasteiger partial charge in [-0.25, -0.2) is 4.98 Å². The SMILES string of the molecule is CNCc1cn(Cc2cc([N+](=O)[O-])ccc2OC)cn1. The summed E-state index contributed by atoms with van der Waals surface area (Å²) in [7, 11) is 3.40. The van der Waals surface area contributed by atoms with Crippen LogP contribution in [0.3, 0.4) is 0 Å². The number of imidazole rings is 1. The quantitative estimate of drug-likeness (QED) is 0.639. The third kappa shape index (κ3) is 3.12. The lowest BCUT2D eigenvalue weighted by Gasteiger charge is -2.08. The molecule has 0 amide bonds. The Morgan fingerprint density at radius 2 is 2.30 bits per heavy atom. The van der Waals surface area contributed by atoms with Crippen molar-refractivity contribution in [3.63, 3.8) is 0 Å². The fourth-order valence-corrected chi connectivity index (χ4v) is 1.96. The lowest BCUT2D eigenvalue weighted by molar-refractivity contribution is -0.384. The smallest absolute Gasteiger partial charge is 0.270 e. The summed E-state index contributed by atoms with van der Waals surface area (Å²) >= 11 is 0. The molecule has 0 aliphatic carbocycles. The first-order chi connectivity index (χ1) is 9.63. The highest BCUT2D eigenvalue weighted by Gasteiger charge is 2.12. The zero-order valence-corrected chi connectivity index (χ0v) is 11.4. The van der Waals surface area contributed by atoms with Crippen LogP contribution in [0.5, 0.6) is 5.75 Å². The summed E-state index contributed by atoms with van der Waals surface area (Å²) in [5.74, 6) is 0.625. The third-order valence-corrected chi connectivity index (χ3v) is 2.87. The summed E-state index contributed by atoms with van der Waals surface area (Å²) in [5.41, 5.74) is 1.71. The van der Waals surface area contributed by atoms with Crippen molar-refractivity contribution in [2.75, 3.05) is 14.2 Å². The average Bonchev–Trinajstić information content (AvgIpc) is 2.86. The van der Waals surface area contributed by atoms with Crippen LogP contribution in [-0.4, -0.2) is 28.6 Å². The molecule has 20 heavy (non-hydrogen) atoms. The van der Waals surface area contributed by atoms with Gasteiger partial charge in [-0.2, -0.15) is 0 Å². The maximum atomic E-state index is 10.8. The van der Waals surface area contributed by atoms with Gasteiger partial charge in [-0.1, -0.05) is 0 Å². The summed E-state index contributed by atoms with van der Waals surface area (Å²) in [6.45, 7) is 1.15. The van der Waals surface area contributed by atoms with Gasteiger partial charge in [-0.15, -0.1) is 0 Å². The number of ether oxygens (including phenoxy) is 1. The van der Waals surface area contributed by atoms with Crippen LogP contribution in [0.15, 0.2) is 30.7 Å².